The first-order valence-electron chi connectivity index (χ1n) is 11.8. The van der Waals surface area contributed by atoms with Gasteiger partial charge in [-0.15, -0.1) is 0 Å². The number of amides is 1. The Bertz CT molecular complexity index is 1570. The maximum Gasteiger partial charge on any atom is 0.251 e. The number of halogens is 2. The second kappa shape index (κ2) is 10.5. The van der Waals surface area contributed by atoms with Gasteiger partial charge >= 0.3 is 0 Å². The predicted octanol–water partition coefficient (Wildman–Crippen LogP) is 6.57. The summed E-state index contributed by atoms with van der Waals surface area (Å²) in [5, 5.41) is 2.93. The van der Waals surface area contributed by atoms with E-state index in [0.717, 1.165) is 11.3 Å². The van der Waals surface area contributed by atoms with Crippen molar-refractivity contribution >= 4 is 16.9 Å². The fourth-order valence-corrected chi connectivity index (χ4v) is 4.04. The molecule has 0 fully saturated rings. The normalized spacial score (nSPS) is 10.9. The first kappa shape index (κ1) is 24.1. The van der Waals surface area contributed by atoms with Crippen LogP contribution in [0.4, 0.5) is 8.78 Å². The van der Waals surface area contributed by atoms with E-state index in [2.05, 4.69) is 5.32 Å². The molecule has 0 radical (unpaired) electrons. The van der Waals surface area contributed by atoms with E-state index in [1.807, 2.05) is 31.2 Å². The van der Waals surface area contributed by atoms with Crippen molar-refractivity contribution < 1.29 is 18.3 Å². The summed E-state index contributed by atoms with van der Waals surface area (Å²) in [6, 6.07) is 24.5. The number of carbonyl (C=O) groups is 1. The molecule has 5 rings (SSSR count). The number of hydrogen-bond acceptors (Lipinski definition) is 4. The Morgan fingerprint density at radius 1 is 0.784 bits per heavy atom. The number of rotatable bonds is 7. The number of hydrogen-bond donors (Lipinski definition) is 1. The van der Waals surface area contributed by atoms with Crippen molar-refractivity contribution in [3.05, 3.63) is 114 Å². The fourth-order valence-electron chi connectivity index (χ4n) is 4.04. The summed E-state index contributed by atoms with van der Waals surface area (Å²) >= 11 is 0. The van der Waals surface area contributed by atoms with Gasteiger partial charge in [-0.05, 0) is 79.7 Å². The third kappa shape index (κ3) is 5.30. The highest BCUT2D eigenvalue weighted by Crippen LogP contribution is 2.31. The zero-order chi connectivity index (χ0) is 25.8. The predicted molar refractivity (Wildman–Crippen MR) is 139 cm³/mol. The molecule has 0 aliphatic rings. The van der Waals surface area contributed by atoms with Crippen LogP contribution in [-0.4, -0.2) is 22.5 Å². The number of nitrogens with zero attached hydrogens (tertiary/aromatic N) is 2. The average Bonchev–Trinajstić information content (AvgIpc) is 2.92. The van der Waals surface area contributed by atoms with Crippen LogP contribution in [-0.2, 0) is 6.54 Å². The molecule has 1 aromatic heterocycles. The standard InChI is InChI=1S/C30H23F2N3O2/c1-2-37-27-6-4-3-5-22(27)18-33-30(36)21-11-16-25-26(17-21)35-29(20-9-14-24(32)15-10-20)28(34-25)19-7-12-23(31)13-8-19/h3-17H,2,18H2,1H3,(H,33,36). The molecular weight excluding hydrogens is 472 g/mol. The number of carbonyl (C=O) groups excluding carboxylic acids is 1. The van der Waals surface area contributed by atoms with E-state index in [0.29, 0.717) is 52.3 Å². The highest BCUT2D eigenvalue weighted by atomic mass is 19.1. The molecule has 5 nitrogen and oxygen atoms in total. The van der Waals surface area contributed by atoms with Crippen molar-refractivity contribution in [3.63, 3.8) is 0 Å². The minimum atomic E-state index is -0.370. The molecule has 0 atom stereocenters. The molecule has 0 aliphatic heterocycles. The van der Waals surface area contributed by atoms with E-state index in [1.165, 1.54) is 24.3 Å². The van der Waals surface area contributed by atoms with Gasteiger partial charge in [0.15, 0.2) is 0 Å². The van der Waals surface area contributed by atoms with Gasteiger partial charge in [-0.3, -0.25) is 4.79 Å². The van der Waals surface area contributed by atoms with Gasteiger partial charge in [-0.2, -0.15) is 0 Å². The SMILES string of the molecule is CCOc1ccccc1CNC(=O)c1ccc2nc(-c3ccc(F)cc3)c(-c3ccc(F)cc3)nc2c1. The minimum Gasteiger partial charge on any atom is -0.494 e. The van der Waals surface area contributed by atoms with Crippen LogP contribution in [0.1, 0.15) is 22.8 Å². The largest absolute Gasteiger partial charge is 0.494 e. The van der Waals surface area contributed by atoms with E-state index in [-0.39, 0.29) is 17.5 Å². The molecule has 0 unspecified atom stereocenters. The lowest BCUT2D eigenvalue weighted by atomic mass is 10.0. The Kier molecular flexibility index (Phi) is 6.85. The molecule has 1 heterocycles. The van der Waals surface area contributed by atoms with Gasteiger partial charge in [0.05, 0.1) is 29.0 Å². The molecule has 0 aliphatic carbocycles. The van der Waals surface area contributed by atoms with E-state index in [9.17, 15) is 13.6 Å². The number of nitrogens with one attached hydrogen (secondary N) is 1. The van der Waals surface area contributed by atoms with Gasteiger partial charge in [0.25, 0.3) is 5.91 Å². The first-order valence-corrected chi connectivity index (χ1v) is 11.8. The van der Waals surface area contributed by atoms with Crippen LogP contribution >= 0.6 is 0 Å². The van der Waals surface area contributed by atoms with Crippen molar-refractivity contribution in [1.29, 1.82) is 0 Å². The lowest BCUT2D eigenvalue weighted by Gasteiger charge is -2.13. The quantitative estimate of drug-likeness (QED) is 0.277. The van der Waals surface area contributed by atoms with Crippen molar-refractivity contribution in [2.24, 2.45) is 0 Å². The summed E-state index contributed by atoms with van der Waals surface area (Å²) in [6.45, 7) is 2.75. The summed E-state index contributed by atoms with van der Waals surface area (Å²) in [7, 11) is 0. The van der Waals surface area contributed by atoms with Gasteiger partial charge in [-0.25, -0.2) is 18.7 Å². The van der Waals surface area contributed by atoms with E-state index >= 15 is 0 Å². The van der Waals surface area contributed by atoms with Gasteiger partial charge < -0.3 is 10.1 Å². The molecule has 0 bridgehead atoms. The fraction of sp³-hybridized carbons (Fsp3) is 0.100. The van der Waals surface area contributed by atoms with Crippen LogP contribution < -0.4 is 10.1 Å². The molecule has 0 spiro atoms. The van der Waals surface area contributed by atoms with Gasteiger partial charge in [0, 0.05) is 28.8 Å². The zero-order valence-electron chi connectivity index (χ0n) is 20.0. The summed E-state index contributed by atoms with van der Waals surface area (Å²) in [5.41, 5.74) is 4.74. The number of benzene rings is 4. The molecule has 1 N–H and O–H groups in total. The molecular formula is C30H23F2N3O2. The van der Waals surface area contributed by atoms with Crippen LogP contribution in [0.3, 0.4) is 0 Å². The second-order valence-corrected chi connectivity index (χ2v) is 8.36. The van der Waals surface area contributed by atoms with Gasteiger partial charge in [-0.1, -0.05) is 18.2 Å². The van der Waals surface area contributed by atoms with Gasteiger partial charge in [0.1, 0.15) is 17.4 Å². The highest BCUT2D eigenvalue weighted by molar-refractivity contribution is 5.98. The maximum atomic E-state index is 13.6. The molecule has 1 amide bonds. The smallest absolute Gasteiger partial charge is 0.251 e. The topological polar surface area (TPSA) is 64.1 Å². The number of ether oxygens (including phenoxy) is 1. The number of fused-ring (bicyclic) bond motifs is 1. The summed E-state index contributed by atoms with van der Waals surface area (Å²) in [4.78, 5) is 22.5. The maximum absolute atomic E-state index is 13.6. The average molecular weight is 496 g/mol. The van der Waals surface area contributed by atoms with Gasteiger partial charge in [0.2, 0.25) is 0 Å². The number of aromatic nitrogens is 2. The Balaban J connectivity index is 1.50. The van der Waals surface area contributed by atoms with Crippen LogP contribution in [0.2, 0.25) is 0 Å². The first-order chi connectivity index (χ1) is 18.0. The van der Waals surface area contributed by atoms with E-state index < -0.39 is 0 Å². The van der Waals surface area contributed by atoms with E-state index in [1.54, 1.807) is 42.5 Å². The van der Waals surface area contributed by atoms with Crippen molar-refractivity contribution in [3.8, 4) is 28.3 Å². The van der Waals surface area contributed by atoms with Crippen LogP contribution in [0.15, 0.2) is 91.0 Å². The molecule has 37 heavy (non-hydrogen) atoms. The Labute approximate surface area is 212 Å². The highest BCUT2D eigenvalue weighted by Gasteiger charge is 2.16. The molecule has 7 heteroatoms. The summed E-state index contributed by atoms with van der Waals surface area (Å²) in [6.07, 6.45) is 0. The third-order valence-corrected chi connectivity index (χ3v) is 5.87. The van der Waals surface area contributed by atoms with Crippen molar-refractivity contribution in [1.82, 2.24) is 15.3 Å². The Hall–Kier alpha value is -4.65. The lowest BCUT2D eigenvalue weighted by molar-refractivity contribution is 0.0950. The zero-order valence-corrected chi connectivity index (χ0v) is 20.0. The summed E-state index contributed by atoms with van der Waals surface area (Å²) in [5.74, 6) is -0.265. The van der Waals surface area contributed by atoms with E-state index in [4.69, 9.17) is 14.7 Å². The monoisotopic (exact) mass is 495 g/mol. The van der Waals surface area contributed by atoms with Crippen molar-refractivity contribution in [2.75, 3.05) is 6.61 Å². The van der Waals surface area contributed by atoms with Crippen LogP contribution in [0.25, 0.3) is 33.5 Å². The minimum absolute atomic E-state index is 0.263. The Morgan fingerprint density at radius 2 is 1.38 bits per heavy atom. The third-order valence-electron chi connectivity index (χ3n) is 5.87. The summed E-state index contributed by atoms with van der Waals surface area (Å²) < 4.78 is 32.8. The lowest BCUT2D eigenvalue weighted by Crippen LogP contribution is -2.23. The second-order valence-electron chi connectivity index (χ2n) is 8.36. The molecule has 4 aromatic carbocycles. The Morgan fingerprint density at radius 3 is 2.00 bits per heavy atom. The molecule has 5 aromatic rings. The molecule has 184 valence electrons. The van der Waals surface area contributed by atoms with Crippen LogP contribution in [0, 0.1) is 11.6 Å². The molecule has 0 saturated carbocycles. The molecule has 0 saturated heterocycles. The van der Waals surface area contributed by atoms with Crippen molar-refractivity contribution in [2.45, 2.75) is 13.5 Å². The van der Waals surface area contributed by atoms with Crippen LogP contribution in [0.5, 0.6) is 5.75 Å². The number of para-hydroxylation sites is 1.